The van der Waals surface area contributed by atoms with Gasteiger partial charge in [-0.25, -0.2) is 8.42 Å². The number of nitro groups is 1. The van der Waals surface area contributed by atoms with Crippen LogP contribution in [0, 0.1) is 10.1 Å². The van der Waals surface area contributed by atoms with Crippen LogP contribution in [0.15, 0.2) is 58.6 Å². The molecule has 0 heterocycles. The summed E-state index contributed by atoms with van der Waals surface area (Å²) in [5.41, 5.74) is -4.23. The maximum atomic E-state index is 12.9. The van der Waals surface area contributed by atoms with E-state index in [9.17, 15) is 44.9 Å². The Morgan fingerprint density at radius 2 is 1.43 bits per heavy atom. The Balaban J connectivity index is 2.53. The molecule has 0 bridgehead atoms. The van der Waals surface area contributed by atoms with E-state index in [4.69, 9.17) is 11.6 Å². The first kappa shape index (κ1) is 23.5. The molecule has 0 atom stereocenters. The number of benzene rings is 2. The van der Waals surface area contributed by atoms with Crippen molar-refractivity contribution in [3.05, 3.63) is 80.0 Å². The zero-order chi connectivity index (χ0) is 22.9. The van der Waals surface area contributed by atoms with E-state index in [1.54, 1.807) is 0 Å². The Kier molecular flexibility index (Phi) is 6.37. The van der Waals surface area contributed by atoms with Crippen molar-refractivity contribution in [2.24, 2.45) is 0 Å². The Labute approximate surface area is 169 Å². The van der Waals surface area contributed by atoms with Gasteiger partial charge < -0.3 is 5.32 Å². The van der Waals surface area contributed by atoms with Crippen LogP contribution in [0.1, 0.15) is 11.1 Å². The maximum Gasteiger partial charge on any atom is 0.416 e. The van der Waals surface area contributed by atoms with Gasteiger partial charge in [0.1, 0.15) is 0 Å². The first-order chi connectivity index (χ1) is 13.6. The molecule has 0 unspecified atom stereocenters. The normalized spacial score (nSPS) is 13.2. The second-order valence-electron chi connectivity index (χ2n) is 5.64. The van der Waals surface area contributed by atoms with E-state index < -0.39 is 53.9 Å². The Morgan fingerprint density at radius 3 is 1.83 bits per heavy atom. The van der Waals surface area contributed by atoms with Crippen molar-refractivity contribution >= 4 is 27.1 Å². The molecule has 0 fully saturated rings. The van der Waals surface area contributed by atoms with Crippen LogP contribution >= 0.6 is 11.6 Å². The Morgan fingerprint density at radius 1 is 0.967 bits per heavy atom. The van der Waals surface area contributed by atoms with E-state index >= 15 is 0 Å². The fourth-order valence-corrected chi connectivity index (χ4v) is 3.42. The third-order valence-corrected chi connectivity index (χ3v) is 5.49. The van der Waals surface area contributed by atoms with Crippen molar-refractivity contribution in [1.29, 1.82) is 0 Å². The summed E-state index contributed by atoms with van der Waals surface area (Å²) < 4.78 is 102. The molecular weight excluding hydrogens is 466 g/mol. The minimum absolute atomic E-state index is 0.127. The number of sulfone groups is 1. The van der Waals surface area contributed by atoms with Gasteiger partial charge in [0, 0.05) is 10.7 Å². The minimum atomic E-state index is -5.15. The van der Waals surface area contributed by atoms with Crippen molar-refractivity contribution in [3.63, 3.8) is 0 Å². The van der Waals surface area contributed by atoms with Crippen LogP contribution in [-0.2, 0) is 22.2 Å². The summed E-state index contributed by atoms with van der Waals surface area (Å²) in [6.07, 6.45) is -10.1. The number of anilines is 1. The molecule has 6 nitrogen and oxygen atoms in total. The van der Waals surface area contributed by atoms with Crippen LogP contribution in [0.25, 0.3) is 0 Å². The first-order valence-electron chi connectivity index (χ1n) is 7.53. The van der Waals surface area contributed by atoms with Gasteiger partial charge in [-0.1, -0.05) is 11.6 Å². The van der Waals surface area contributed by atoms with Gasteiger partial charge in [0.05, 0.1) is 27.1 Å². The molecule has 2 aromatic rings. The third kappa shape index (κ3) is 5.42. The van der Waals surface area contributed by atoms with Gasteiger partial charge in [-0.2, -0.15) is 26.3 Å². The summed E-state index contributed by atoms with van der Waals surface area (Å²) in [5, 5.41) is 11.6. The third-order valence-electron chi connectivity index (χ3n) is 3.53. The van der Waals surface area contributed by atoms with E-state index in [2.05, 4.69) is 0 Å². The van der Waals surface area contributed by atoms with Crippen molar-refractivity contribution < 1.29 is 39.7 Å². The zero-order valence-electron chi connectivity index (χ0n) is 14.3. The van der Waals surface area contributed by atoms with E-state index in [0.29, 0.717) is 0 Å². The van der Waals surface area contributed by atoms with Crippen molar-refractivity contribution in [2.45, 2.75) is 17.2 Å². The van der Waals surface area contributed by atoms with Gasteiger partial charge in [0.15, 0.2) is 0 Å². The fourth-order valence-electron chi connectivity index (χ4n) is 2.15. The van der Waals surface area contributed by atoms with Crippen LogP contribution in [0.2, 0.25) is 5.02 Å². The van der Waals surface area contributed by atoms with Crippen molar-refractivity contribution in [1.82, 2.24) is 0 Å². The second kappa shape index (κ2) is 8.14. The zero-order valence-corrected chi connectivity index (χ0v) is 15.8. The largest absolute Gasteiger partial charge is 0.416 e. The SMILES string of the molecule is O=[N+]([O-])C(=CNc1cc(C(F)(F)F)cc(C(F)(F)F)c1)S(=O)(=O)c1ccc(Cl)cc1. The predicted molar refractivity (Wildman–Crippen MR) is 93.8 cm³/mol. The summed E-state index contributed by atoms with van der Waals surface area (Å²) in [6, 6.07) is 4.50. The number of halogens is 7. The van der Waals surface area contributed by atoms with Gasteiger partial charge >= 0.3 is 17.4 Å². The number of hydrogen-bond donors (Lipinski definition) is 1. The highest BCUT2D eigenvalue weighted by Gasteiger charge is 2.37. The second-order valence-corrected chi connectivity index (χ2v) is 7.97. The predicted octanol–water partition coefficient (Wildman–Crippen LogP) is 5.34. The monoisotopic (exact) mass is 474 g/mol. The highest BCUT2D eigenvalue weighted by molar-refractivity contribution is 7.95. The number of nitrogens with one attached hydrogen (secondary N) is 1. The molecule has 0 amide bonds. The summed E-state index contributed by atoms with van der Waals surface area (Å²) >= 11 is 5.61. The van der Waals surface area contributed by atoms with Gasteiger partial charge in [0.2, 0.25) is 0 Å². The fraction of sp³-hybridized carbons (Fsp3) is 0.125. The van der Waals surface area contributed by atoms with Gasteiger partial charge in [-0.3, -0.25) is 10.1 Å². The smallest absolute Gasteiger partial charge is 0.355 e. The molecule has 0 aliphatic carbocycles. The Bertz CT molecular complexity index is 1060. The standard InChI is InChI=1S/C16H9ClF6N2O4S/c17-11-1-3-13(4-2-11)30(28,29)14(25(26)27)8-24-12-6-9(15(18,19)20)5-10(7-12)16(21,22)23/h1-8,24H. The summed E-state index contributed by atoms with van der Waals surface area (Å²) in [4.78, 5) is 9.28. The Hall–Kier alpha value is -2.80. The molecule has 0 saturated carbocycles. The number of hydrogen-bond acceptors (Lipinski definition) is 5. The first-order valence-corrected chi connectivity index (χ1v) is 9.40. The van der Waals surface area contributed by atoms with Crippen LogP contribution < -0.4 is 5.32 Å². The van der Waals surface area contributed by atoms with Gasteiger partial charge in [-0.05, 0) is 42.5 Å². The molecule has 0 aliphatic heterocycles. The highest BCUT2D eigenvalue weighted by atomic mass is 35.5. The molecule has 0 saturated heterocycles. The van der Waals surface area contributed by atoms with Crippen molar-refractivity contribution in [2.75, 3.05) is 5.32 Å². The molecule has 162 valence electrons. The molecule has 0 aromatic heterocycles. The molecule has 1 N–H and O–H groups in total. The van der Waals surface area contributed by atoms with Crippen molar-refractivity contribution in [3.8, 4) is 0 Å². The molecule has 0 aliphatic rings. The lowest BCUT2D eigenvalue weighted by atomic mass is 10.1. The topological polar surface area (TPSA) is 89.3 Å². The highest BCUT2D eigenvalue weighted by Crippen LogP contribution is 2.37. The molecule has 14 heteroatoms. The van der Waals surface area contributed by atoms with E-state index in [0.717, 1.165) is 24.3 Å². The number of nitrogens with zero attached hydrogens (tertiary/aromatic N) is 1. The number of rotatable bonds is 5. The van der Waals surface area contributed by atoms with E-state index in [1.807, 2.05) is 5.32 Å². The molecule has 2 rings (SSSR count). The van der Waals surface area contributed by atoms with Crippen LogP contribution in [0.4, 0.5) is 32.0 Å². The van der Waals surface area contributed by atoms with E-state index in [1.165, 1.54) is 0 Å². The van der Waals surface area contributed by atoms with Crippen LogP contribution in [0.5, 0.6) is 0 Å². The van der Waals surface area contributed by atoms with Gasteiger partial charge in [-0.15, -0.1) is 0 Å². The molecular formula is C16H9ClF6N2O4S. The molecule has 0 radical (unpaired) electrons. The molecule has 30 heavy (non-hydrogen) atoms. The van der Waals surface area contributed by atoms with E-state index in [-0.39, 0.29) is 29.4 Å². The lowest BCUT2D eigenvalue weighted by molar-refractivity contribution is -0.411. The minimum Gasteiger partial charge on any atom is -0.355 e. The maximum absolute atomic E-state index is 12.9. The lowest BCUT2D eigenvalue weighted by Gasteiger charge is -2.14. The summed E-state index contributed by atoms with van der Waals surface area (Å²) in [6.45, 7) is 0. The van der Waals surface area contributed by atoms with Gasteiger partial charge in [0.25, 0.3) is 9.84 Å². The summed E-state index contributed by atoms with van der Waals surface area (Å²) in [5.74, 6) is 0. The summed E-state index contributed by atoms with van der Waals surface area (Å²) in [7, 11) is -4.77. The molecule has 0 spiro atoms. The van der Waals surface area contributed by atoms with Crippen LogP contribution in [-0.4, -0.2) is 13.3 Å². The average Bonchev–Trinajstić information content (AvgIpc) is 2.60. The average molecular weight is 475 g/mol. The quantitative estimate of drug-likeness (QED) is 0.359. The lowest BCUT2D eigenvalue weighted by Crippen LogP contribution is -2.15. The number of alkyl halides is 6. The van der Waals surface area contributed by atoms with Crippen LogP contribution in [0.3, 0.4) is 0 Å². The molecule has 2 aromatic carbocycles.